The Kier molecular flexibility index (Phi) is 3.83. The number of ether oxygens (including phenoxy) is 1. The predicted octanol–water partition coefficient (Wildman–Crippen LogP) is 2.91. The highest BCUT2D eigenvalue weighted by Gasteiger charge is 2.64. The number of esters is 1. The minimum atomic E-state index is -0.437. The van der Waals surface area contributed by atoms with Crippen molar-refractivity contribution in [3.8, 4) is 0 Å². The van der Waals surface area contributed by atoms with E-state index < -0.39 is 5.41 Å². The molecule has 5 atom stereocenters. The zero-order valence-corrected chi connectivity index (χ0v) is 14.1. The summed E-state index contributed by atoms with van der Waals surface area (Å²) in [6.45, 7) is 5.98. The fraction of sp³-hybridized carbons (Fsp3) is 0.933. The molecular weight excluding hydrogens is 292 g/mol. The first-order valence-electron chi connectivity index (χ1n) is 7.50. The number of fused-ring (bicyclic) bond motifs is 3. The summed E-state index contributed by atoms with van der Waals surface area (Å²) in [5.74, 6) is 2.08. The largest absolute Gasteiger partial charge is 0.459 e. The second-order valence-corrected chi connectivity index (χ2v) is 10.4. The highest BCUT2D eigenvalue weighted by Crippen LogP contribution is 2.67. The van der Waals surface area contributed by atoms with Gasteiger partial charge in [0.1, 0.15) is 10.2 Å². The van der Waals surface area contributed by atoms with E-state index in [0.29, 0.717) is 17.1 Å². The van der Waals surface area contributed by atoms with E-state index in [1.807, 2.05) is 44.3 Å². The average Bonchev–Trinajstić information content (AvgIpc) is 3.06. The second-order valence-electron chi connectivity index (χ2n) is 7.30. The molecule has 0 aromatic carbocycles. The molecule has 2 bridgehead atoms. The van der Waals surface area contributed by atoms with Gasteiger partial charge in [0.25, 0.3) is 0 Å². The Morgan fingerprint density at radius 1 is 1.40 bits per heavy atom. The van der Waals surface area contributed by atoms with Crippen molar-refractivity contribution in [2.45, 2.75) is 55.5 Å². The Labute approximate surface area is 129 Å². The van der Waals surface area contributed by atoms with Crippen LogP contribution < -0.4 is 0 Å². The van der Waals surface area contributed by atoms with E-state index in [1.54, 1.807) is 0 Å². The van der Waals surface area contributed by atoms with Crippen LogP contribution in [0.15, 0.2) is 0 Å². The third-order valence-electron chi connectivity index (χ3n) is 4.76. The lowest BCUT2D eigenvalue weighted by molar-refractivity contribution is -0.161. The van der Waals surface area contributed by atoms with Crippen LogP contribution in [-0.4, -0.2) is 38.9 Å². The summed E-state index contributed by atoms with van der Waals surface area (Å²) < 4.78 is 6.00. The lowest BCUT2D eigenvalue weighted by Crippen LogP contribution is -2.45. The molecule has 3 fully saturated rings. The molecule has 1 N–H and O–H groups in total. The highest BCUT2D eigenvalue weighted by atomic mass is 32.2. The van der Waals surface area contributed by atoms with Crippen LogP contribution in [0.25, 0.3) is 0 Å². The standard InChI is InChI=1S/C15H24O3S2/c1-14(2,3)13(17)18-12-9-4-5-10(6-9)15(12)19-8-11(7-16)20-15/h9-12,16H,4-8H2,1-3H3. The van der Waals surface area contributed by atoms with Gasteiger partial charge in [0.2, 0.25) is 0 Å². The number of aliphatic hydroxyl groups is 1. The number of rotatable bonds is 2. The zero-order chi connectivity index (χ0) is 14.5. The summed E-state index contributed by atoms with van der Waals surface area (Å²) in [7, 11) is 0. The molecule has 5 heteroatoms. The van der Waals surface area contributed by atoms with Gasteiger partial charge in [0.05, 0.1) is 12.0 Å². The van der Waals surface area contributed by atoms with Gasteiger partial charge >= 0.3 is 5.97 Å². The predicted molar refractivity (Wildman–Crippen MR) is 83.8 cm³/mol. The molecule has 3 aliphatic rings. The normalized spacial score (nSPS) is 43.4. The van der Waals surface area contributed by atoms with Crippen LogP contribution in [0.4, 0.5) is 0 Å². The number of hydrogen-bond acceptors (Lipinski definition) is 5. The van der Waals surface area contributed by atoms with Crippen molar-refractivity contribution in [3.05, 3.63) is 0 Å². The summed E-state index contributed by atoms with van der Waals surface area (Å²) >= 11 is 3.81. The van der Waals surface area contributed by atoms with Crippen LogP contribution >= 0.6 is 23.5 Å². The smallest absolute Gasteiger partial charge is 0.311 e. The van der Waals surface area contributed by atoms with Gasteiger partial charge in [0.15, 0.2) is 0 Å². The van der Waals surface area contributed by atoms with Crippen LogP contribution in [-0.2, 0) is 9.53 Å². The molecule has 3 nitrogen and oxygen atoms in total. The highest BCUT2D eigenvalue weighted by molar-refractivity contribution is 8.21. The monoisotopic (exact) mass is 316 g/mol. The quantitative estimate of drug-likeness (QED) is 0.794. The Balaban J connectivity index is 1.80. The van der Waals surface area contributed by atoms with Gasteiger partial charge in [-0.3, -0.25) is 4.79 Å². The SMILES string of the molecule is CC(C)(C)C(=O)OC1C2CCC(C2)C12SCC(CO)S2. The fourth-order valence-electron chi connectivity index (χ4n) is 3.69. The maximum absolute atomic E-state index is 12.3. The van der Waals surface area contributed by atoms with Crippen molar-refractivity contribution in [2.75, 3.05) is 12.4 Å². The summed E-state index contributed by atoms with van der Waals surface area (Å²) in [5, 5.41) is 9.74. The van der Waals surface area contributed by atoms with Crippen LogP contribution in [0.3, 0.4) is 0 Å². The molecule has 1 spiro atoms. The lowest BCUT2D eigenvalue weighted by Gasteiger charge is -2.40. The van der Waals surface area contributed by atoms with Crippen molar-refractivity contribution in [1.82, 2.24) is 0 Å². The maximum atomic E-state index is 12.3. The van der Waals surface area contributed by atoms with Crippen molar-refractivity contribution in [1.29, 1.82) is 0 Å². The minimum absolute atomic E-state index is 0.0250. The molecular formula is C15H24O3S2. The molecule has 1 aliphatic heterocycles. The molecule has 2 aliphatic carbocycles. The Morgan fingerprint density at radius 2 is 2.15 bits per heavy atom. The topological polar surface area (TPSA) is 46.5 Å². The molecule has 20 heavy (non-hydrogen) atoms. The maximum Gasteiger partial charge on any atom is 0.311 e. The van der Waals surface area contributed by atoms with E-state index in [0.717, 1.165) is 5.75 Å². The lowest BCUT2D eigenvalue weighted by atomic mass is 9.94. The van der Waals surface area contributed by atoms with E-state index >= 15 is 0 Å². The third-order valence-corrected chi connectivity index (χ3v) is 8.78. The number of carbonyl (C=O) groups excluding carboxylic acids is 1. The van der Waals surface area contributed by atoms with Crippen LogP contribution in [0.2, 0.25) is 0 Å². The Hall–Kier alpha value is 0.130. The number of thioether (sulfide) groups is 2. The summed E-state index contributed by atoms with van der Waals surface area (Å²) in [6.07, 6.45) is 3.69. The van der Waals surface area contributed by atoms with Crippen LogP contribution in [0.5, 0.6) is 0 Å². The summed E-state index contributed by atoms with van der Waals surface area (Å²) in [5.41, 5.74) is -0.437. The first-order valence-corrected chi connectivity index (χ1v) is 9.37. The molecule has 0 radical (unpaired) electrons. The van der Waals surface area contributed by atoms with E-state index in [2.05, 4.69) is 0 Å². The second kappa shape index (κ2) is 5.10. The fourth-order valence-corrected chi connectivity index (χ4v) is 7.84. The minimum Gasteiger partial charge on any atom is -0.459 e. The molecule has 0 aromatic heterocycles. The molecule has 1 heterocycles. The zero-order valence-electron chi connectivity index (χ0n) is 12.4. The van der Waals surface area contributed by atoms with Gasteiger partial charge in [-0.25, -0.2) is 0 Å². The average molecular weight is 316 g/mol. The van der Waals surface area contributed by atoms with Gasteiger partial charge in [-0.2, -0.15) is 0 Å². The Bertz CT molecular complexity index is 406. The van der Waals surface area contributed by atoms with Gasteiger partial charge < -0.3 is 9.84 Å². The van der Waals surface area contributed by atoms with Crippen LogP contribution in [0, 0.1) is 17.3 Å². The van der Waals surface area contributed by atoms with E-state index in [9.17, 15) is 9.90 Å². The molecule has 5 unspecified atom stereocenters. The third kappa shape index (κ3) is 2.30. The first-order chi connectivity index (χ1) is 9.37. The van der Waals surface area contributed by atoms with Gasteiger partial charge in [-0.1, -0.05) is 0 Å². The number of aliphatic hydroxyl groups excluding tert-OH is 1. The molecule has 114 valence electrons. The van der Waals surface area contributed by atoms with Crippen molar-refractivity contribution in [3.63, 3.8) is 0 Å². The molecule has 0 aromatic rings. The first kappa shape index (κ1) is 15.0. The van der Waals surface area contributed by atoms with E-state index in [-0.39, 0.29) is 22.8 Å². The number of hydrogen-bond donors (Lipinski definition) is 1. The molecule has 1 saturated heterocycles. The summed E-state index contributed by atoms with van der Waals surface area (Å²) in [6, 6.07) is 0. The van der Waals surface area contributed by atoms with E-state index in [1.165, 1.54) is 19.3 Å². The van der Waals surface area contributed by atoms with Gasteiger partial charge in [0, 0.05) is 11.0 Å². The molecule has 3 rings (SSSR count). The van der Waals surface area contributed by atoms with Gasteiger partial charge in [-0.15, -0.1) is 23.5 Å². The van der Waals surface area contributed by atoms with Crippen molar-refractivity contribution < 1.29 is 14.6 Å². The molecule has 0 amide bonds. The molecule has 2 saturated carbocycles. The van der Waals surface area contributed by atoms with Crippen molar-refractivity contribution >= 4 is 29.5 Å². The van der Waals surface area contributed by atoms with E-state index in [4.69, 9.17) is 4.74 Å². The Morgan fingerprint density at radius 3 is 2.75 bits per heavy atom. The summed E-state index contributed by atoms with van der Waals surface area (Å²) in [4.78, 5) is 12.3. The van der Waals surface area contributed by atoms with Crippen LogP contribution in [0.1, 0.15) is 40.0 Å². The van der Waals surface area contributed by atoms with Gasteiger partial charge in [-0.05, 0) is 51.9 Å². The van der Waals surface area contributed by atoms with Crippen molar-refractivity contribution in [2.24, 2.45) is 17.3 Å². The number of carbonyl (C=O) groups is 1.